The third-order valence-corrected chi connectivity index (χ3v) is 4.05. The Morgan fingerprint density at radius 2 is 2.40 bits per heavy atom. The minimum atomic E-state index is 0.334. The van der Waals surface area contributed by atoms with Gasteiger partial charge in [-0.1, -0.05) is 22.0 Å². The number of aromatic nitrogens is 2. The maximum absolute atomic E-state index is 5.83. The van der Waals surface area contributed by atoms with Gasteiger partial charge in [-0.25, -0.2) is 0 Å². The third kappa shape index (κ3) is 3.04. The Kier molecular flexibility index (Phi) is 4.08. The fraction of sp³-hybridized carbons (Fsp3) is 0.400. The molecule has 20 heavy (non-hydrogen) atoms. The van der Waals surface area contributed by atoms with Crippen molar-refractivity contribution < 1.29 is 4.74 Å². The summed E-state index contributed by atoms with van der Waals surface area (Å²) in [5.74, 6) is 0.987. The van der Waals surface area contributed by atoms with Crippen LogP contribution in [0, 0.1) is 0 Å². The molecule has 0 fully saturated rings. The summed E-state index contributed by atoms with van der Waals surface area (Å²) >= 11 is 3.50. The Labute approximate surface area is 127 Å². The Hall–Kier alpha value is -1.33. The van der Waals surface area contributed by atoms with E-state index in [4.69, 9.17) is 4.74 Å². The summed E-state index contributed by atoms with van der Waals surface area (Å²) in [5.41, 5.74) is 2.45. The molecule has 1 aliphatic heterocycles. The SMILES string of the molecule is Cn1cc(CNC2CCCOc3cc(Br)ccc32)cn1. The molecule has 0 saturated carbocycles. The van der Waals surface area contributed by atoms with Gasteiger partial charge in [0.05, 0.1) is 12.8 Å². The lowest BCUT2D eigenvalue weighted by atomic mass is 10.0. The minimum Gasteiger partial charge on any atom is -0.493 e. The van der Waals surface area contributed by atoms with Gasteiger partial charge in [-0.2, -0.15) is 5.10 Å². The zero-order chi connectivity index (χ0) is 13.9. The number of rotatable bonds is 3. The van der Waals surface area contributed by atoms with Crippen LogP contribution in [0.5, 0.6) is 5.75 Å². The van der Waals surface area contributed by atoms with Gasteiger partial charge in [0.25, 0.3) is 0 Å². The number of hydrogen-bond acceptors (Lipinski definition) is 3. The molecule has 0 spiro atoms. The van der Waals surface area contributed by atoms with E-state index in [-0.39, 0.29) is 0 Å². The first kappa shape index (κ1) is 13.6. The van der Waals surface area contributed by atoms with Gasteiger partial charge in [0.1, 0.15) is 5.75 Å². The molecular formula is C15H18BrN3O. The second-order valence-corrected chi connectivity index (χ2v) is 6.04. The lowest BCUT2D eigenvalue weighted by Crippen LogP contribution is -2.20. The quantitative estimate of drug-likeness (QED) is 0.936. The number of benzene rings is 1. The summed E-state index contributed by atoms with van der Waals surface area (Å²) in [5, 5.41) is 7.82. The highest BCUT2D eigenvalue weighted by Gasteiger charge is 2.19. The molecule has 4 nitrogen and oxygen atoms in total. The van der Waals surface area contributed by atoms with Gasteiger partial charge in [-0.05, 0) is 25.0 Å². The fourth-order valence-electron chi connectivity index (χ4n) is 2.56. The monoisotopic (exact) mass is 335 g/mol. The van der Waals surface area contributed by atoms with Gasteiger partial charge in [0.2, 0.25) is 0 Å². The standard InChI is InChI=1S/C15H18BrN3O/c1-19-10-11(9-18-19)8-17-14-3-2-6-20-15-7-12(16)4-5-13(14)15/h4-5,7,9-10,14,17H,2-3,6,8H2,1H3. The first-order valence-electron chi connectivity index (χ1n) is 6.85. The van der Waals surface area contributed by atoms with E-state index >= 15 is 0 Å². The van der Waals surface area contributed by atoms with Crippen LogP contribution in [0.25, 0.3) is 0 Å². The van der Waals surface area contributed by atoms with Crippen LogP contribution in [-0.2, 0) is 13.6 Å². The van der Waals surface area contributed by atoms with Crippen LogP contribution in [-0.4, -0.2) is 16.4 Å². The van der Waals surface area contributed by atoms with E-state index in [0.29, 0.717) is 6.04 Å². The van der Waals surface area contributed by atoms with E-state index in [1.54, 1.807) is 0 Å². The summed E-state index contributed by atoms with van der Waals surface area (Å²) in [4.78, 5) is 0. The normalized spacial score (nSPS) is 18.2. The molecule has 1 N–H and O–H groups in total. The third-order valence-electron chi connectivity index (χ3n) is 3.56. The van der Waals surface area contributed by atoms with Crippen molar-refractivity contribution in [1.29, 1.82) is 0 Å². The predicted octanol–water partition coefficient (Wildman–Crippen LogP) is 3.19. The molecule has 1 unspecified atom stereocenters. The predicted molar refractivity (Wildman–Crippen MR) is 81.7 cm³/mol. The Bertz CT molecular complexity index is 597. The van der Waals surface area contributed by atoms with E-state index in [0.717, 1.165) is 36.2 Å². The van der Waals surface area contributed by atoms with Crippen LogP contribution >= 0.6 is 15.9 Å². The summed E-state index contributed by atoms with van der Waals surface area (Å²) in [6, 6.07) is 6.61. The number of nitrogens with one attached hydrogen (secondary N) is 1. The topological polar surface area (TPSA) is 39.1 Å². The molecule has 0 saturated heterocycles. The smallest absolute Gasteiger partial charge is 0.125 e. The summed E-state index contributed by atoms with van der Waals surface area (Å²) in [6.07, 6.45) is 6.11. The van der Waals surface area contributed by atoms with Crippen molar-refractivity contribution in [3.05, 3.63) is 46.2 Å². The van der Waals surface area contributed by atoms with Gasteiger partial charge in [-0.3, -0.25) is 4.68 Å². The maximum Gasteiger partial charge on any atom is 0.125 e. The van der Waals surface area contributed by atoms with Crippen molar-refractivity contribution in [2.45, 2.75) is 25.4 Å². The second kappa shape index (κ2) is 5.97. The highest BCUT2D eigenvalue weighted by atomic mass is 79.9. The molecule has 106 valence electrons. The summed E-state index contributed by atoms with van der Waals surface area (Å²) in [7, 11) is 1.94. The van der Waals surface area contributed by atoms with E-state index < -0.39 is 0 Å². The van der Waals surface area contributed by atoms with Gasteiger partial charge in [0, 0.05) is 41.4 Å². The summed E-state index contributed by atoms with van der Waals surface area (Å²) in [6.45, 7) is 1.61. The molecule has 1 aromatic heterocycles. The molecular weight excluding hydrogens is 318 g/mol. The molecule has 0 aliphatic carbocycles. The van der Waals surface area contributed by atoms with Crippen LogP contribution < -0.4 is 10.1 Å². The van der Waals surface area contributed by atoms with Gasteiger partial charge < -0.3 is 10.1 Å². The lowest BCUT2D eigenvalue weighted by Gasteiger charge is -2.18. The largest absolute Gasteiger partial charge is 0.493 e. The maximum atomic E-state index is 5.83. The van der Waals surface area contributed by atoms with E-state index in [9.17, 15) is 0 Å². The van der Waals surface area contributed by atoms with E-state index in [2.05, 4.69) is 44.5 Å². The fourth-order valence-corrected chi connectivity index (χ4v) is 2.90. The van der Waals surface area contributed by atoms with Crippen LogP contribution in [0.4, 0.5) is 0 Å². The average molecular weight is 336 g/mol. The van der Waals surface area contributed by atoms with Crippen molar-refractivity contribution in [3.8, 4) is 5.75 Å². The molecule has 1 aliphatic rings. The van der Waals surface area contributed by atoms with Crippen LogP contribution in [0.1, 0.15) is 30.0 Å². The molecule has 5 heteroatoms. The molecule has 1 atom stereocenters. The van der Waals surface area contributed by atoms with Crippen molar-refractivity contribution in [2.75, 3.05) is 6.61 Å². The molecule has 0 radical (unpaired) electrons. The molecule has 2 heterocycles. The van der Waals surface area contributed by atoms with Crippen molar-refractivity contribution in [3.63, 3.8) is 0 Å². The van der Waals surface area contributed by atoms with Crippen LogP contribution in [0.3, 0.4) is 0 Å². The summed E-state index contributed by atoms with van der Waals surface area (Å²) < 4.78 is 8.72. The minimum absolute atomic E-state index is 0.334. The number of halogens is 1. The van der Waals surface area contributed by atoms with Crippen LogP contribution in [0.15, 0.2) is 35.1 Å². The molecule has 0 bridgehead atoms. The van der Waals surface area contributed by atoms with Crippen LogP contribution in [0.2, 0.25) is 0 Å². The number of aryl methyl sites for hydroxylation is 1. The van der Waals surface area contributed by atoms with E-state index in [1.165, 1.54) is 11.1 Å². The molecule has 1 aromatic carbocycles. The zero-order valence-corrected chi connectivity index (χ0v) is 13.1. The first-order chi connectivity index (χ1) is 9.72. The average Bonchev–Trinajstić information content (AvgIpc) is 2.74. The first-order valence-corrected chi connectivity index (χ1v) is 7.65. The Balaban J connectivity index is 1.76. The van der Waals surface area contributed by atoms with Gasteiger partial charge in [-0.15, -0.1) is 0 Å². The zero-order valence-electron chi connectivity index (χ0n) is 11.5. The van der Waals surface area contributed by atoms with E-state index in [1.807, 2.05) is 24.1 Å². The number of fused-ring (bicyclic) bond motifs is 1. The Morgan fingerprint density at radius 3 is 3.20 bits per heavy atom. The lowest BCUT2D eigenvalue weighted by molar-refractivity contribution is 0.315. The Morgan fingerprint density at radius 1 is 1.50 bits per heavy atom. The number of hydrogen-bond donors (Lipinski definition) is 1. The molecule has 2 aromatic rings. The van der Waals surface area contributed by atoms with Gasteiger partial charge in [0.15, 0.2) is 0 Å². The van der Waals surface area contributed by atoms with Gasteiger partial charge >= 0.3 is 0 Å². The second-order valence-electron chi connectivity index (χ2n) is 5.13. The molecule has 0 amide bonds. The molecule has 3 rings (SSSR count). The number of nitrogens with zero attached hydrogens (tertiary/aromatic N) is 2. The van der Waals surface area contributed by atoms with Crippen molar-refractivity contribution in [2.24, 2.45) is 7.05 Å². The van der Waals surface area contributed by atoms with Crippen molar-refractivity contribution in [1.82, 2.24) is 15.1 Å². The number of ether oxygens (including phenoxy) is 1. The highest BCUT2D eigenvalue weighted by Crippen LogP contribution is 2.33. The van der Waals surface area contributed by atoms with Crippen molar-refractivity contribution >= 4 is 15.9 Å². The highest BCUT2D eigenvalue weighted by molar-refractivity contribution is 9.10.